The molecule has 0 fully saturated rings. The minimum atomic E-state index is -0.667. The molecule has 1 atom stereocenters. The Morgan fingerprint density at radius 1 is 1.78 bits per heavy atom. The zero-order chi connectivity index (χ0) is 6.85. The van der Waals surface area contributed by atoms with Gasteiger partial charge in [-0.25, -0.2) is 0 Å². The van der Waals surface area contributed by atoms with E-state index in [2.05, 4.69) is 0 Å². The van der Waals surface area contributed by atoms with Gasteiger partial charge in [0.25, 0.3) is 0 Å². The number of carbonyl (C=O) groups excluding carboxylic acids is 1. The van der Waals surface area contributed by atoms with Crippen molar-refractivity contribution in [2.24, 2.45) is 0 Å². The average Bonchev–Trinajstić information content (AvgIpc) is 2.10. The molecule has 1 aliphatic rings. The molecule has 0 saturated heterocycles. The maximum atomic E-state index is 10.6. The van der Waals surface area contributed by atoms with Crippen molar-refractivity contribution in [2.45, 2.75) is 12.5 Å². The van der Waals surface area contributed by atoms with Crippen molar-refractivity contribution >= 4 is 5.78 Å². The molecule has 0 spiro atoms. The van der Waals surface area contributed by atoms with Gasteiger partial charge >= 0.3 is 0 Å². The Hall–Kier alpha value is -0.670. The van der Waals surface area contributed by atoms with E-state index >= 15 is 0 Å². The predicted molar refractivity (Wildman–Crippen MR) is 30.8 cm³/mol. The summed E-state index contributed by atoms with van der Waals surface area (Å²) in [4.78, 5) is 10.6. The van der Waals surface area contributed by atoms with E-state index in [0.717, 1.165) is 0 Å². The van der Waals surface area contributed by atoms with Gasteiger partial charge in [-0.1, -0.05) is 0 Å². The van der Waals surface area contributed by atoms with Crippen LogP contribution >= 0.6 is 0 Å². The molecule has 0 bridgehead atoms. The fourth-order valence-corrected chi connectivity index (χ4v) is 0.846. The number of aliphatic hydroxyl groups is 2. The van der Waals surface area contributed by atoms with Crippen LogP contribution in [0.3, 0.4) is 0 Å². The van der Waals surface area contributed by atoms with Gasteiger partial charge in [-0.05, 0) is 6.08 Å². The molecule has 0 radical (unpaired) electrons. The van der Waals surface area contributed by atoms with E-state index in [1.165, 1.54) is 6.08 Å². The van der Waals surface area contributed by atoms with Crippen molar-refractivity contribution in [3.8, 4) is 0 Å². The highest BCUT2D eigenvalue weighted by Gasteiger charge is 2.20. The number of hydrogen-bond acceptors (Lipinski definition) is 3. The first-order valence-electron chi connectivity index (χ1n) is 2.77. The van der Waals surface area contributed by atoms with Gasteiger partial charge in [0.05, 0.1) is 12.7 Å². The minimum absolute atomic E-state index is 0.135. The third-order valence-electron chi connectivity index (χ3n) is 1.32. The Morgan fingerprint density at radius 3 is 2.67 bits per heavy atom. The molecule has 50 valence electrons. The average molecular weight is 128 g/mol. The van der Waals surface area contributed by atoms with Gasteiger partial charge < -0.3 is 10.2 Å². The summed E-state index contributed by atoms with van der Waals surface area (Å²) in [6, 6.07) is 0. The van der Waals surface area contributed by atoms with E-state index in [1.54, 1.807) is 0 Å². The number of Topliss-reactive ketones (excluding diaryl/α,β-unsaturated/α-hetero) is 1. The summed E-state index contributed by atoms with van der Waals surface area (Å²) in [6.07, 6.45) is 0.859. The second-order valence-electron chi connectivity index (χ2n) is 2.04. The summed E-state index contributed by atoms with van der Waals surface area (Å²) in [6.45, 7) is -0.254. The third-order valence-corrected chi connectivity index (χ3v) is 1.32. The van der Waals surface area contributed by atoms with Crippen molar-refractivity contribution in [3.63, 3.8) is 0 Å². The molecule has 1 rings (SSSR count). The van der Waals surface area contributed by atoms with Gasteiger partial charge in [0.2, 0.25) is 0 Å². The molecule has 3 heteroatoms. The van der Waals surface area contributed by atoms with Crippen LogP contribution in [-0.4, -0.2) is 28.7 Å². The molecular weight excluding hydrogens is 120 g/mol. The van der Waals surface area contributed by atoms with Crippen LogP contribution in [0.5, 0.6) is 0 Å². The van der Waals surface area contributed by atoms with Gasteiger partial charge in [0.1, 0.15) is 0 Å². The quantitative estimate of drug-likeness (QED) is 0.488. The smallest absolute Gasteiger partial charge is 0.163 e. The van der Waals surface area contributed by atoms with Gasteiger partial charge in [-0.2, -0.15) is 0 Å². The molecule has 1 aliphatic carbocycles. The zero-order valence-corrected chi connectivity index (χ0v) is 4.87. The lowest BCUT2D eigenvalue weighted by Crippen LogP contribution is -2.02. The van der Waals surface area contributed by atoms with Crippen molar-refractivity contribution < 1.29 is 15.0 Å². The number of ketones is 1. The first kappa shape index (κ1) is 6.45. The summed E-state index contributed by atoms with van der Waals surface area (Å²) in [7, 11) is 0. The Morgan fingerprint density at radius 2 is 2.44 bits per heavy atom. The first-order valence-corrected chi connectivity index (χ1v) is 2.77. The lowest BCUT2D eigenvalue weighted by molar-refractivity contribution is -0.116. The maximum absolute atomic E-state index is 10.6. The Labute approximate surface area is 52.6 Å². The number of carbonyl (C=O) groups is 1. The summed E-state index contributed by atoms with van der Waals surface area (Å²) >= 11 is 0. The highest BCUT2D eigenvalue weighted by atomic mass is 16.3. The molecule has 0 unspecified atom stereocenters. The van der Waals surface area contributed by atoms with Crippen molar-refractivity contribution in [1.82, 2.24) is 0 Å². The SMILES string of the molecule is O=C1C[C@H](O)C=C1CO. The minimum Gasteiger partial charge on any atom is -0.392 e. The normalized spacial score (nSPS) is 26.7. The monoisotopic (exact) mass is 128 g/mol. The molecule has 0 aromatic heterocycles. The van der Waals surface area contributed by atoms with Crippen LogP contribution in [0.4, 0.5) is 0 Å². The number of hydrogen-bond donors (Lipinski definition) is 2. The molecule has 0 aromatic carbocycles. The molecule has 0 aromatic rings. The Balaban J connectivity index is 2.68. The fourth-order valence-electron chi connectivity index (χ4n) is 0.846. The predicted octanol–water partition coefficient (Wildman–Crippen LogP) is -0.761. The van der Waals surface area contributed by atoms with E-state index in [9.17, 15) is 4.79 Å². The van der Waals surface area contributed by atoms with Crippen LogP contribution in [0.25, 0.3) is 0 Å². The number of rotatable bonds is 1. The number of aliphatic hydroxyl groups excluding tert-OH is 2. The van der Waals surface area contributed by atoms with E-state index < -0.39 is 6.10 Å². The standard InChI is InChI=1S/C6H8O3/c7-3-4-1-5(8)2-6(4)9/h1,5,7-8H,2-3H2/t5-/m1/s1. The van der Waals surface area contributed by atoms with Gasteiger partial charge in [-0.3, -0.25) is 4.79 Å². The van der Waals surface area contributed by atoms with E-state index in [1.807, 2.05) is 0 Å². The Bertz CT molecular complexity index is 160. The summed E-state index contributed by atoms with van der Waals surface area (Å²) in [5, 5.41) is 17.2. The summed E-state index contributed by atoms with van der Waals surface area (Å²) in [5.41, 5.74) is 0.336. The highest BCUT2D eigenvalue weighted by molar-refractivity contribution is 5.98. The van der Waals surface area contributed by atoms with Crippen LogP contribution < -0.4 is 0 Å². The van der Waals surface area contributed by atoms with E-state index in [0.29, 0.717) is 5.57 Å². The molecular formula is C6H8O3. The molecule has 2 N–H and O–H groups in total. The second kappa shape index (κ2) is 2.29. The van der Waals surface area contributed by atoms with Gasteiger partial charge in [0, 0.05) is 12.0 Å². The van der Waals surface area contributed by atoms with Crippen LogP contribution in [0.15, 0.2) is 11.6 Å². The lowest BCUT2D eigenvalue weighted by Gasteiger charge is -1.89. The molecule has 3 nitrogen and oxygen atoms in total. The van der Waals surface area contributed by atoms with Gasteiger partial charge in [-0.15, -0.1) is 0 Å². The molecule has 0 aliphatic heterocycles. The lowest BCUT2D eigenvalue weighted by atomic mass is 10.2. The summed E-state index contributed by atoms with van der Waals surface area (Å²) < 4.78 is 0. The first-order chi connectivity index (χ1) is 4.24. The molecule has 9 heavy (non-hydrogen) atoms. The second-order valence-corrected chi connectivity index (χ2v) is 2.04. The van der Waals surface area contributed by atoms with Gasteiger partial charge in [0.15, 0.2) is 5.78 Å². The molecule has 0 heterocycles. The third kappa shape index (κ3) is 1.17. The van der Waals surface area contributed by atoms with Crippen molar-refractivity contribution in [3.05, 3.63) is 11.6 Å². The largest absolute Gasteiger partial charge is 0.392 e. The molecule has 0 amide bonds. The Kier molecular flexibility index (Phi) is 1.64. The van der Waals surface area contributed by atoms with E-state index in [4.69, 9.17) is 10.2 Å². The fraction of sp³-hybridized carbons (Fsp3) is 0.500. The van der Waals surface area contributed by atoms with Crippen LogP contribution in [0.2, 0.25) is 0 Å². The van der Waals surface area contributed by atoms with E-state index in [-0.39, 0.29) is 18.8 Å². The summed E-state index contributed by atoms with van der Waals surface area (Å²) in [5.74, 6) is -0.148. The van der Waals surface area contributed by atoms with Crippen LogP contribution in [0.1, 0.15) is 6.42 Å². The van der Waals surface area contributed by atoms with Crippen molar-refractivity contribution in [2.75, 3.05) is 6.61 Å². The van der Waals surface area contributed by atoms with Crippen LogP contribution in [0, 0.1) is 0 Å². The molecule has 0 saturated carbocycles. The maximum Gasteiger partial charge on any atom is 0.163 e. The zero-order valence-electron chi connectivity index (χ0n) is 4.87. The van der Waals surface area contributed by atoms with Crippen molar-refractivity contribution in [1.29, 1.82) is 0 Å². The highest BCUT2D eigenvalue weighted by Crippen LogP contribution is 2.12. The topological polar surface area (TPSA) is 57.5 Å². The van der Waals surface area contributed by atoms with Crippen LogP contribution in [-0.2, 0) is 4.79 Å².